The number of rotatable bonds is 4. The molecule has 2 rings (SSSR count). The van der Waals surface area contributed by atoms with Crippen molar-refractivity contribution in [2.75, 3.05) is 5.32 Å². The molecule has 0 bridgehead atoms. The molecule has 0 spiro atoms. The summed E-state index contributed by atoms with van der Waals surface area (Å²) >= 11 is 0. The van der Waals surface area contributed by atoms with E-state index in [1.165, 1.54) is 0 Å². The zero-order valence-electron chi connectivity index (χ0n) is 13.4. The van der Waals surface area contributed by atoms with Gasteiger partial charge in [0.2, 0.25) is 5.82 Å². The minimum Gasteiger partial charge on any atom is -0.316 e. The predicted molar refractivity (Wildman–Crippen MR) is 80.5 cm³/mol. The van der Waals surface area contributed by atoms with Crippen LogP contribution in [-0.4, -0.2) is 30.9 Å². The lowest BCUT2D eigenvalue weighted by Gasteiger charge is -2.08. The lowest BCUT2D eigenvalue weighted by molar-refractivity contribution is 0.101. The number of hydrogen-bond donors (Lipinski definition) is 2. The zero-order valence-corrected chi connectivity index (χ0v) is 13.4. The van der Waals surface area contributed by atoms with Crippen molar-refractivity contribution in [3.63, 3.8) is 0 Å². The minimum absolute atomic E-state index is 0.148. The Morgan fingerprint density at radius 3 is 2.38 bits per heavy atom. The van der Waals surface area contributed by atoms with Crippen molar-refractivity contribution in [2.24, 2.45) is 0 Å². The molecule has 21 heavy (non-hydrogen) atoms. The average Bonchev–Trinajstić information content (AvgIpc) is 2.99. The van der Waals surface area contributed by atoms with Crippen LogP contribution in [0.1, 0.15) is 67.5 Å². The van der Waals surface area contributed by atoms with E-state index in [9.17, 15) is 4.79 Å². The Hall–Kier alpha value is -2.18. The zero-order chi connectivity index (χ0) is 15.7. The van der Waals surface area contributed by atoms with E-state index < -0.39 is 0 Å². The molecule has 0 aromatic carbocycles. The van der Waals surface area contributed by atoms with Gasteiger partial charge in [0.15, 0.2) is 0 Å². The SMILES string of the molecule is Cc1nn(C(C)C)c(C)c1NC(=O)c1n[nH]c(C(C)C)n1. The predicted octanol–water partition coefficient (Wildman–Crippen LogP) is 2.57. The van der Waals surface area contributed by atoms with Gasteiger partial charge in [-0.05, 0) is 27.7 Å². The van der Waals surface area contributed by atoms with Crippen molar-refractivity contribution in [2.45, 2.75) is 53.5 Å². The molecule has 0 atom stereocenters. The number of aromatic amines is 1. The Morgan fingerprint density at radius 1 is 1.24 bits per heavy atom. The molecule has 2 N–H and O–H groups in total. The number of H-pyrrole nitrogens is 1. The van der Waals surface area contributed by atoms with Crippen molar-refractivity contribution in [1.29, 1.82) is 0 Å². The Morgan fingerprint density at radius 2 is 1.90 bits per heavy atom. The van der Waals surface area contributed by atoms with E-state index >= 15 is 0 Å². The fraction of sp³-hybridized carbons (Fsp3) is 0.571. The highest BCUT2D eigenvalue weighted by atomic mass is 16.2. The standard InChI is InChI=1S/C14H22N6O/c1-7(2)12-16-13(18-17-12)14(21)15-11-9(5)19-20(8(3)4)10(11)6/h7-8H,1-6H3,(H,15,21)(H,16,17,18). The van der Waals surface area contributed by atoms with Gasteiger partial charge in [0.05, 0.1) is 17.1 Å². The van der Waals surface area contributed by atoms with Crippen molar-refractivity contribution in [3.8, 4) is 0 Å². The molecular formula is C14H22N6O. The van der Waals surface area contributed by atoms with Gasteiger partial charge in [0.1, 0.15) is 5.82 Å². The maximum Gasteiger partial charge on any atom is 0.295 e. The summed E-state index contributed by atoms with van der Waals surface area (Å²) in [6, 6.07) is 0.241. The average molecular weight is 290 g/mol. The van der Waals surface area contributed by atoms with E-state index in [0.29, 0.717) is 5.82 Å². The third kappa shape index (κ3) is 2.96. The van der Waals surface area contributed by atoms with E-state index in [2.05, 4.69) is 39.4 Å². The van der Waals surface area contributed by atoms with Crippen LogP contribution in [0.5, 0.6) is 0 Å². The van der Waals surface area contributed by atoms with Crippen LogP contribution in [-0.2, 0) is 0 Å². The highest BCUT2D eigenvalue weighted by Gasteiger charge is 2.19. The largest absolute Gasteiger partial charge is 0.316 e. The maximum atomic E-state index is 12.2. The van der Waals surface area contributed by atoms with Crippen molar-refractivity contribution >= 4 is 11.6 Å². The number of nitrogens with one attached hydrogen (secondary N) is 2. The summed E-state index contributed by atoms with van der Waals surface area (Å²) in [5.74, 6) is 0.722. The molecule has 7 nitrogen and oxygen atoms in total. The van der Waals surface area contributed by atoms with Gasteiger partial charge in [-0.1, -0.05) is 13.8 Å². The molecule has 114 valence electrons. The highest BCUT2D eigenvalue weighted by molar-refractivity contribution is 6.02. The lowest BCUT2D eigenvalue weighted by atomic mass is 10.2. The monoisotopic (exact) mass is 290 g/mol. The Kier molecular flexibility index (Phi) is 4.11. The van der Waals surface area contributed by atoms with E-state index in [0.717, 1.165) is 17.1 Å². The topological polar surface area (TPSA) is 88.5 Å². The molecule has 7 heteroatoms. The van der Waals surface area contributed by atoms with Crippen LogP contribution in [0, 0.1) is 13.8 Å². The number of anilines is 1. The van der Waals surface area contributed by atoms with Crippen LogP contribution in [0.2, 0.25) is 0 Å². The summed E-state index contributed by atoms with van der Waals surface area (Å²) in [6.07, 6.45) is 0. The third-order valence-electron chi connectivity index (χ3n) is 3.31. The molecule has 0 fully saturated rings. The van der Waals surface area contributed by atoms with Crippen molar-refractivity contribution in [3.05, 3.63) is 23.0 Å². The summed E-state index contributed by atoms with van der Waals surface area (Å²) in [4.78, 5) is 16.4. The Labute approximate surface area is 124 Å². The summed E-state index contributed by atoms with van der Waals surface area (Å²) < 4.78 is 1.89. The number of aromatic nitrogens is 5. The number of nitrogens with zero attached hydrogens (tertiary/aromatic N) is 4. The summed E-state index contributed by atoms with van der Waals surface area (Å²) in [7, 11) is 0. The number of amides is 1. The number of hydrogen-bond acceptors (Lipinski definition) is 4. The minimum atomic E-state index is -0.326. The van der Waals surface area contributed by atoms with E-state index in [1.807, 2.05) is 32.4 Å². The first-order chi connectivity index (χ1) is 9.81. The third-order valence-corrected chi connectivity index (χ3v) is 3.31. The van der Waals surface area contributed by atoms with Crippen LogP contribution in [0.15, 0.2) is 0 Å². The number of carbonyl (C=O) groups is 1. The van der Waals surface area contributed by atoms with Gasteiger partial charge >= 0.3 is 0 Å². The quantitative estimate of drug-likeness (QED) is 0.905. The van der Waals surface area contributed by atoms with Crippen molar-refractivity contribution in [1.82, 2.24) is 25.0 Å². The van der Waals surface area contributed by atoms with Gasteiger partial charge in [0.25, 0.3) is 5.91 Å². The van der Waals surface area contributed by atoms with Gasteiger partial charge in [-0.3, -0.25) is 14.6 Å². The van der Waals surface area contributed by atoms with Crippen LogP contribution in [0.4, 0.5) is 5.69 Å². The summed E-state index contributed by atoms with van der Waals surface area (Å²) in [6.45, 7) is 11.9. The van der Waals surface area contributed by atoms with Gasteiger partial charge < -0.3 is 5.32 Å². The molecule has 1 amide bonds. The molecule has 2 aromatic rings. The molecular weight excluding hydrogens is 268 g/mol. The molecule has 0 aliphatic rings. The van der Waals surface area contributed by atoms with Gasteiger partial charge in [-0.15, -0.1) is 5.10 Å². The fourth-order valence-electron chi connectivity index (χ4n) is 2.15. The van der Waals surface area contributed by atoms with Crippen LogP contribution < -0.4 is 5.32 Å². The van der Waals surface area contributed by atoms with E-state index in [4.69, 9.17) is 0 Å². The Bertz CT molecular complexity index is 652. The molecule has 2 aromatic heterocycles. The van der Waals surface area contributed by atoms with Crippen LogP contribution in [0.25, 0.3) is 0 Å². The van der Waals surface area contributed by atoms with Gasteiger partial charge in [0, 0.05) is 12.0 Å². The van der Waals surface area contributed by atoms with Gasteiger partial charge in [-0.2, -0.15) is 5.10 Å². The van der Waals surface area contributed by atoms with Crippen LogP contribution in [0.3, 0.4) is 0 Å². The normalized spacial score (nSPS) is 11.4. The first kappa shape index (κ1) is 15.2. The lowest BCUT2D eigenvalue weighted by Crippen LogP contribution is -2.15. The smallest absolute Gasteiger partial charge is 0.295 e. The second-order valence-corrected chi connectivity index (χ2v) is 5.74. The van der Waals surface area contributed by atoms with Crippen LogP contribution >= 0.6 is 0 Å². The molecule has 0 saturated carbocycles. The second kappa shape index (κ2) is 5.67. The van der Waals surface area contributed by atoms with Crippen molar-refractivity contribution < 1.29 is 4.79 Å². The second-order valence-electron chi connectivity index (χ2n) is 5.74. The summed E-state index contributed by atoms with van der Waals surface area (Å²) in [5.41, 5.74) is 2.44. The first-order valence-electron chi connectivity index (χ1n) is 7.10. The maximum absolute atomic E-state index is 12.2. The summed E-state index contributed by atoms with van der Waals surface area (Å²) in [5, 5.41) is 14.0. The number of aryl methyl sites for hydroxylation is 1. The van der Waals surface area contributed by atoms with E-state index in [-0.39, 0.29) is 23.7 Å². The van der Waals surface area contributed by atoms with E-state index in [1.54, 1.807) is 0 Å². The van der Waals surface area contributed by atoms with Gasteiger partial charge in [-0.25, -0.2) is 4.98 Å². The molecule has 0 aliphatic heterocycles. The fourth-order valence-corrected chi connectivity index (χ4v) is 2.15. The molecule has 0 saturated heterocycles. The molecule has 0 aliphatic carbocycles. The molecule has 2 heterocycles. The molecule has 0 unspecified atom stereocenters. The highest BCUT2D eigenvalue weighted by Crippen LogP contribution is 2.22. The first-order valence-corrected chi connectivity index (χ1v) is 7.10. The molecule has 0 radical (unpaired) electrons. The number of carbonyl (C=O) groups excluding carboxylic acids is 1. The Balaban J connectivity index is 2.23.